The standard InChI is InChI=1S/C13H15BrN4O2/c14-10-4-1-9(2-5-10)3-6-11(19)16-8-7-12-17-13(15)18-20-12/h1-2,4-5H,3,6-8H2,(H2,15,18)(H,16,19). The molecule has 0 unspecified atom stereocenters. The normalized spacial score (nSPS) is 10.4. The molecule has 0 aliphatic heterocycles. The molecule has 0 fully saturated rings. The molecule has 2 rings (SSSR count). The van der Waals surface area contributed by atoms with Crippen molar-refractivity contribution in [2.24, 2.45) is 0 Å². The molecule has 2 aromatic rings. The van der Waals surface area contributed by atoms with Gasteiger partial charge in [0.15, 0.2) is 0 Å². The molecule has 0 radical (unpaired) electrons. The van der Waals surface area contributed by atoms with E-state index in [0.717, 1.165) is 10.0 Å². The fraction of sp³-hybridized carbons (Fsp3) is 0.308. The zero-order chi connectivity index (χ0) is 14.4. The van der Waals surface area contributed by atoms with Gasteiger partial charge in [0.05, 0.1) is 0 Å². The molecule has 6 nitrogen and oxygen atoms in total. The Morgan fingerprint density at radius 3 is 2.70 bits per heavy atom. The second-order valence-corrected chi connectivity index (χ2v) is 5.19. The summed E-state index contributed by atoms with van der Waals surface area (Å²) >= 11 is 3.38. The molecule has 3 N–H and O–H groups in total. The van der Waals surface area contributed by atoms with Gasteiger partial charge in [0, 0.05) is 23.9 Å². The molecule has 20 heavy (non-hydrogen) atoms. The maximum absolute atomic E-state index is 11.7. The third-order valence-electron chi connectivity index (χ3n) is 2.70. The van der Waals surface area contributed by atoms with E-state index in [2.05, 4.69) is 31.4 Å². The van der Waals surface area contributed by atoms with Crippen molar-refractivity contribution in [3.63, 3.8) is 0 Å². The van der Waals surface area contributed by atoms with Crippen LogP contribution >= 0.6 is 15.9 Å². The largest absolute Gasteiger partial charge is 0.365 e. The van der Waals surface area contributed by atoms with Gasteiger partial charge < -0.3 is 15.6 Å². The van der Waals surface area contributed by atoms with Gasteiger partial charge in [-0.2, -0.15) is 4.98 Å². The summed E-state index contributed by atoms with van der Waals surface area (Å²) < 4.78 is 5.88. The number of aromatic nitrogens is 2. The van der Waals surface area contributed by atoms with Crippen molar-refractivity contribution in [1.82, 2.24) is 15.5 Å². The van der Waals surface area contributed by atoms with Crippen LogP contribution < -0.4 is 11.1 Å². The summed E-state index contributed by atoms with van der Waals surface area (Å²) in [4.78, 5) is 15.5. The Balaban J connectivity index is 1.66. The summed E-state index contributed by atoms with van der Waals surface area (Å²) in [6.45, 7) is 0.459. The first-order valence-corrected chi connectivity index (χ1v) is 7.02. The summed E-state index contributed by atoms with van der Waals surface area (Å²) in [5.74, 6) is 0.540. The zero-order valence-corrected chi connectivity index (χ0v) is 12.4. The number of nitrogens with two attached hydrogens (primary N) is 1. The van der Waals surface area contributed by atoms with Crippen LogP contribution in [-0.2, 0) is 17.6 Å². The van der Waals surface area contributed by atoms with E-state index in [-0.39, 0.29) is 11.9 Å². The summed E-state index contributed by atoms with van der Waals surface area (Å²) in [5.41, 5.74) is 6.46. The van der Waals surface area contributed by atoms with Gasteiger partial charge in [0.1, 0.15) is 0 Å². The highest BCUT2D eigenvalue weighted by Gasteiger charge is 2.05. The van der Waals surface area contributed by atoms with Crippen LogP contribution in [0, 0.1) is 0 Å². The first kappa shape index (κ1) is 14.5. The molecular weight excluding hydrogens is 324 g/mol. The van der Waals surface area contributed by atoms with Gasteiger partial charge in [-0.25, -0.2) is 0 Å². The maximum atomic E-state index is 11.7. The number of nitrogen functional groups attached to an aromatic ring is 1. The number of amides is 1. The number of anilines is 1. The highest BCUT2D eigenvalue weighted by atomic mass is 79.9. The predicted octanol–water partition coefficient (Wildman–Crippen LogP) is 1.71. The number of aryl methyl sites for hydroxylation is 1. The van der Waals surface area contributed by atoms with Crippen molar-refractivity contribution in [3.8, 4) is 0 Å². The van der Waals surface area contributed by atoms with Gasteiger partial charge >= 0.3 is 0 Å². The lowest BCUT2D eigenvalue weighted by molar-refractivity contribution is -0.121. The summed E-state index contributed by atoms with van der Waals surface area (Å²) in [6, 6.07) is 7.93. The van der Waals surface area contributed by atoms with Crippen LogP contribution in [0.4, 0.5) is 5.95 Å². The Kier molecular flexibility index (Phi) is 5.11. The summed E-state index contributed by atoms with van der Waals surface area (Å²) in [5, 5.41) is 6.28. The molecule has 0 spiro atoms. The Labute approximate surface area is 124 Å². The number of halogens is 1. The molecule has 0 aliphatic rings. The number of nitrogens with zero attached hydrogens (tertiary/aromatic N) is 2. The predicted molar refractivity (Wildman–Crippen MR) is 77.9 cm³/mol. The van der Waals surface area contributed by atoms with Gasteiger partial charge in [0.25, 0.3) is 5.95 Å². The SMILES string of the molecule is Nc1noc(CCNC(=O)CCc2ccc(Br)cc2)n1. The van der Waals surface area contributed by atoms with E-state index >= 15 is 0 Å². The molecule has 7 heteroatoms. The van der Waals surface area contributed by atoms with Gasteiger partial charge in [0.2, 0.25) is 11.8 Å². The first-order valence-electron chi connectivity index (χ1n) is 6.22. The average molecular weight is 339 g/mol. The molecule has 1 aromatic heterocycles. The third-order valence-corrected chi connectivity index (χ3v) is 3.23. The minimum Gasteiger partial charge on any atom is -0.365 e. The van der Waals surface area contributed by atoms with Crippen molar-refractivity contribution in [1.29, 1.82) is 0 Å². The van der Waals surface area contributed by atoms with Crippen LogP contribution in [0.15, 0.2) is 33.3 Å². The van der Waals surface area contributed by atoms with Gasteiger partial charge in [-0.05, 0) is 29.3 Å². The van der Waals surface area contributed by atoms with E-state index in [1.165, 1.54) is 0 Å². The molecule has 0 bridgehead atoms. The van der Waals surface area contributed by atoms with Crippen LogP contribution in [-0.4, -0.2) is 22.6 Å². The number of hydrogen-bond donors (Lipinski definition) is 2. The summed E-state index contributed by atoms with van der Waals surface area (Å²) in [6.07, 6.45) is 1.65. The van der Waals surface area contributed by atoms with Gasteiger partial charge in [-0.15, -0.1) is 0 Å². The van der Waals surface area contributed by atoms with E-state index in [4.69, 9.17) is 10.3 Å². The van der Waals surface area contributed by atoms with Crippen molar-refractivity contribution in [2.75, 3.05) is 12.3 Å². The monoisotopic (exact) mass is 338 g/mol. The number of rotatable bonds is 6. The lowest BCUT2D eigenvalue weighted by atomic mass is 10.1. The lowest BCUT2D eigenvalue weighted by Crippen LogP contribution is -2.25. The van der Waals surface area contributed by atoms with E-state index in [0.29, 0.717) is 31.7 Å². The average Bonchev–Trinajstić information content (AvgIpc) is 2.84. The van der Waals surface area contributed by atoms with Gasteiger partial charge in [-0.1, -0.05) is 28.1 Å². The molecule has 0 atom stereocenters. The molecular formula is C13H15BrN4O2. The highest BCUT2D eigenvalue weighted by molar-refractivity contribution is 9.10. The number of benzene rings is 1. The zero-order valence-electron chi connectivity index (χ0n) is 10.8. The van der Waals surface area contributed by atoms with E-state index in [1.807, 2.05) is 24.3 Å². The molecule has 0 saturated heterocycles. The summed E-state index contributed by atoms with van der Waals surface area (Å²) in [7, 11) is 0. The van der Waals surface area contributed by atoms with E-state index in [1.54, 1.807) is 0 Å². The van der Waals surface area contributed by atoms with Crippen LogP contribution in [0.1, 0.15) is 17.9 Å². The topological polar surface area (TPSA) is 94.0 Å². The fourth-order valence-corrected chi connectivity index (χ4v) is 1.94. The minimum absolute atomic E-state index is 0.000376. The fourth-order valence-electron chi connectivity index (χ4n) is 1.68. The molecule has 1 amide bonds. The number of carbonyl (C=O) groups excluding carboxylic acids is 1. The van der Waals surface area contributed by atoms with Crippen LogP contribution in [0.2, 0.25) is 0 Å². The molecule has 1 aromatic carbocycles. The third kappa shape index (κ3) is 4.65. The Morgan fingerprint density at radius 2 is 2.05 bits per heavy atom. The molecule has 0 aliphatic carbocycles. The lowest BCUT2D eigenvalue weighted by Gasteiger charge is -2.04. The second-order valence-electron chi connectivity index (χ2n) is 4.27. The number of nitrogens with one attached hydrogen (secondary N) is 1. The first-order chi connectivity index (χ1) is 9.63. The quantitative estimate of drug-likeness (QED) is 0.836. The Hall–Kier alpha value is -1.89. The van der Waals surface area contributed by atoms with Crippen molar-refractivity contribution < 1.29 is 9.32 Å². The smallest absolute Gasteiger partial charge is 0.260 e. The maximum Gasteiger partial charge on any atom is 0.260 e. The van der Waals surface area contributed by atoms with Crippen LogP contribution in [0.5, 0.6) is 0 Å². The minimum atomic E-state index is 0.000376. The number of carbonyl (C=O) groups is 1. The molecule has 1 heterocycles. The van der Waals surface area contributed by atoms with Crippen molar-refractivity contribution >= 4 is 27.8 Å². The van der Waals surface area contributed by atoms with E-state index in [9.17, 15) is 4.79 Å². The second kappa shape index (κ2) is 7.04. The molecule has 0 saturated carbocycles. The molecule has 106 valence electrons. The van der Waals surface area contributed by atoms with E-state index < -0.39 is 0 Å². The number of hydrogen-bond acceptors (Lipinski definition) is 5. The van der Waals surface area contributed by atoms with Crippen LogP contribution in [0.25, 0.3) is 0 Å². The Bertz CT molecular complexity index is 568. The van der Waals surface area contributed by atoms with Crippen LogP contribution in [0.3, 0.4) is 0 Å². The van der Waals surface area contributed by atoms with Crippen molar-refractivity contribution in [2.45, 2.75) is 19.3 Å². The highest BCUT2D eigenvalue weighted by Crippen LogP contribution is 2.11. The van der Waals surface area contributed by atoms with Crippen molar-refractivity contribution in [3.05, 3.63) is 40.2 Å². The Morgan fingerprint density at radius 1 is 1.30 bits per heavy atom. The van der Waals surface area contributed by atoms with Gasteiger partial charge in [-0.3, -0.25) is 4.79 Å².